The zero-order chi connectivity index (χ0) is 17.8. The first kappa shape index (κ1) is 17.0. The fourth-order valence-electron chi connectivity index (χ4n) is 3.36. The lowest BCUT2D eigenvalue weighted by molar-refractivity contribution is -0.146. The first-order valence-electron chi connectivity index (χ1n) is 8.19. The molecule has 0 bridgehead atoms. The predicted molar refractivity (Wildman–Crippen MR) is 92.9 cm³/mol. The van der Waals surface area contributed by atoms with Crippen LogP contribution in [-0.2, 0) is 20.9 Å². The molecular weight excluding hydrogens is 318 g/mol. The zero-order valence-corrected chi connectivity index (χ0v) is 14.3. The summed E-state index contributed by atoms with van der Waals surface area (Å²) >= 11 is 0. The molecule has 5 heteroatoms. The van der Waals surface area contributed by atoms with Crippen molar-refractivity contribution in [3.8, 4) is 5.75 Å². The van der Waals surface area contributed by atoms with Crippen molar-refractivity contribution >= 4 is 11.9 Å². The van der Waals surface area contributed by atoms with Crippen molar-refractivity contribution in [2.24, 2.45) is 5.92 Å². The number of hydrogen-bond acceptors (Lipinski definition) is 4. The van der Waals surface area contributed by atoms with Crippen LogP contribution in [0.4, 0.5) is 0 Å². The van der Waals surface area contributed by atoms with E-state index in [9.17, 15) is 9.59 Å². The summed E-state index contributed by atoms with van der Waals surface area (Å²) in [5.41, 5.74) is 1.89. The average Bonchev–Trinajstić information content (AvgIpc) is 2.98. The van der Waals surface area contributed by atoms with Gasteiger partial charge in [0.25, 0.3) is 0 Å². The summed E-state index contributed by atoms with van der Waals surface area (Å²) in [6.07, 6.45) is 0.154. The van der Waals surface area contributed by atoms with Gasteiger partial charge in [-0.2, -0.15) is 0 Å². The second kappa shape index (κ2) is 7.38. The SMILES string of the molecule is COC(=O)C1CC(=O)N(Cc2ccccc2)C1c1cccc(OC)c1. The lowest BCUT2D eigenvalue weighted by Crippen LogP contribution is -2.30. The van der Waals surface area contributed by atoms with E-state index in [0.29, 0.717) is 12.3 Å². The Kier molecular flexibility index (Phi) is 5.03. The van der Waals surface area contributed by atoms with E-state index in [4.69, 9.17) is 9.47 Å². The zero-order valence-electron chi connectivity index (χ0n) is 14.3. The number of esters is 1. The molecule has 1 fully saturated rings. The third-order valence-corrected chi connectivity index (χ3v) is 4.57. The topological polar surface area (TPSA) is 55.8 Å². The van der Waals surface area contributed by atoms with Crippen molar-refractivity contribution in [2.45, 2.75) is 19.0 Å². The molecule has 0 saturated carbocycles. The summed E-state index contributed by atoms with van der Waals surface area (Å²) < 4.78 is 10.2. The lowest BCUT2D eigenvalue weighted by atomic mass is 9.93. The lowest BCUT2D eigenvalue weighted by Gasteiger charge is -2.28. The summed E-state index contributed by atoms with van der Waals surface area (Å²) in [6, 6.07) is 16.9. The Balaban J connectivity index is 1.98. The maximum atomic E-state index is 12.6. The second-order valence-electron chi connectivity index (χ2n) is 6.06. The fourth-order valence-corrected chi connectivity index (χ4v) is 3.36. The molecule has 0 N–H and O–H groups in total. The van der Waals surface area contributed by atoms with Crippen LogP contribution < -0.4 is 4.74 Å². The number of hydrogen-bond donors (Lipinski definition) is 0. The largest absolute Gasteiger partial charge is 0.497 e. The number of carbonyl (C=O) groups is 2. The second-order valence-corrected chi connectivity index (χ2v) is 6.06. The standard InChI is InChI=1S/C20H21NO4/c1-24-16-10-6-9-15(11-16)19-17(20(23)25-2)12-18(22)21(19)13-14-7-4-3-5-8-14/h3-11,17,19H,12-13H2,1-2H3. The van der Waals surface area contributed by atoms with Crippen molar-refractivity contribution < 1.29 is 19.1 Å². The van der Waals surface area contributed by atoms with E-state index in [-0.39, 0.29) is 24.3 Å². The molecule has 2 unspecified atom stereocenters. The minimum absolute atomic E-state index is 0.0490. The molecule has 3 rings (SSSR count). The minimum Gasteiger partial charge on any atom is -0.497 e. The maximum Gasteiger partial charge on any atom is 0.311 e. The highest BCUT2D eigenvalue weighted by Gasteiger charge is 2.45. The van der Waals surface area contributed by atoms with Gasteiger partial charge in [-0.25, -0.2) is 0 Å². The first-order valence-corrected chi connectivity index (χ1v) is 8.19. The van der Waals surface area contributed by atoms with Crippen molar-refractivity contribution in [1.29, 1.82) is 0 Å². The summed E-state index contributed by atoms with van der Waals surface area (Å²) in [4.78, 5) is 26.7. The molecule has 0 aliphatic carbocycles. The Morgan fingerprint density at radius 2 is 1.88 bits per heavy atom. The Morgan fingerprint density at radius 3 is 2.56 bits per heavy atom. The smallest absolute Gasteiger partial charge is 0.311 e. The summed E-state index contributed by atoms with van der Waals surface area (Å²) in [5, 5.41) is 0. The quantitative estimate of drug-likeness (QED) is 0.786. The number of carbonyl (C=O) groups excluding carboxylic acids is 2. The monoisotopic (exact) mass is 339 g/mol. The number of nitrogens with zero attached hydrogens (tertiary/aromatic N) is 1. The highest BCUT2D eigenvalue weighted by molar-refractivity contribution is 5.88. The molecule has 2 aromatic rings. The van der Waals surface area contributed by atoms with E-state index in [0.717, 1.165) is 11.1 Å². The van der Waals surface area contributed by atoms with Gasteiger partial charge in [-0.3, -0.25) is 9.59 Å². The van der Waals surface area contributed by atoms with Crippen LogP contribution in [0.15, 0.2) is 54.6 Å². The molecule has 1 aliphatic rings. The number of amides is 1. The third-order valence-electron chi connectivity index (χ3n) is 4.57. The summed E-state index contributed by atoms with van der Waals surface area (Å²) in [6.45, 7) is 0.453. The van der Waals surface area contributed by atoms with Crippen LogP contribution in [0, 0.1) is 5.92 Å². The molecular formula is C20H21NO4. The van der Waals surface area contributed by atoms with Gasteiger partial charge >= 0.3 is 5.97 Å². The van der Waals surface area contributed by atoms with E-state index in [1.165, 1.54) is 7.11 Å². The number of ether oxygens (including phenoxy) is 2. The fraction of sp³-hybridized carbons (Fsp3) is 0.300. The Hall–Kier alpha value is -2.82. The van der Waals surface area contributed by atoms with Gasteiger partial charge in [0.15, 0.2) is 0 Å². The number of rotatable bonds is 5. The molecule has 0 spiro atoms. The minimum atomic E-state index is -0.520. The van der Waals surface area contributed by atoms with Crippen molar-refractivity contribution in [2.75, 3.05) is 14.2 Å². The van der Waals surface area contributed by atoms with Crippen LogP contribution >= 0.6 is 0 Å². The van der Waals surface area contributed by atoms with Gasteiger partial charge in [-0.15, -0.1) is 0 Å². The molecule has 0 radical (unpaired) electrons. The molecule has 25 heavy (non-hydrogen) atoms. The average molecular weight is 339 g/mol. The highest BCUT2D eigenvalue weighted by Crippen LogP contribution is 2.40. The summed E-state index contributed by atoms with van der Waals surface area (Å²) in [7, 11) is 2.95. The van der Waals surface area contributed by atoms with Crippen molar-refractivity contribution in [1.82, 2.24) is 4.90 Å². The van der Waals surface area contributed by atoms with Gasteiger partial charge in [0, 0.05) is 13.0 Å². The van der Waals surface area contributed by atoms with E-state index in [1.807, 2.05) is 54.6 Å². The highest BCUT2D eigenvalue weighted by atomic mass is 16.5. The molecule has 1 heterocycles. The Labute approximate surface area is 147 Å². The third kappa shape index (κ3) is 3.50. The molecule has 1 saturated heterocycles. The molecule has 130 valence electrons. The Morgan fingerprint density at radius 1 is 1.12 bits per heavy atom. The van der Waals surface area contributed by atoms with Gasteiger partial charge in [-0.1, -0.05) is 42.5 Å². The van der Waals surface area contributed by atoms with Crippen LogP contribution in [0.5, 0.6) is 5.75 Å². The molecule has 1 amide bonds. The maximum absolute atomic E-state index is 12.6. The number of likely N-dealkylation sites (tertiary alicyclic amines) is 1. The number of methoxy groups -OCH3 is 2. The van der Waals surface area contributed by atoms with Crippen LogP contribution in [0.25, 0.3) is 0 Å². The first-order chi connectivity index (χ1) is 12.1. The molecule has 5 nitrogen and oxygen atoms in total. The normalized spacial score (nSPS) is 19.8. The van der Waals surface area contributed by atoms with Crippen LogP contribution in [0.1, 0.15) is 23.6 Å². The molecule has 2 atom stereocenters. The van der Waals surface area contributed by atoms with Crippen LogP contribution in [0.2, 0.25) is 0 Å². The molecule has 0 aromatic heterocycles. The predicted octanol–water partition coefficient (Wildman–Crippen LogP) is 2.96. The van der Waals surface area contributed by atoms with E-state index in [1.54, 1.807) is 12.0 Å². The van der Waals surface area contributed by atoms with Crippen LogP contribution in [0.3, 0.4) is 0 Å². The van der Waals surface area contributed by atoms with Crippen LogP contribution in [-0.4, -0.2) is 31.0 Å². The van der Waals surface area contributed by atoms with Gasteiger partial charge in [-0.05, 0) is 23.3 Å². The number of benzene rings is 2. The van der Waals surface area contributed by atoms with Gasteiger partial charge in [0.2, 0.25) is 5.91 Å². The van der Waals surface area contributed by atoms with Gasteiger partial charge < -0.3 is 14.4 Å². The van der Waals surface area contributed by atoms with E-state index >= 15 is 0 Å². The molecule has 2 aromatic carbocycles. The Bertz CT molecular complexity index is 759. The summed E-state index contributed by atoms with van der Waals surface area (Å²) in [5.74, 6) is -0.239. The van der Waals surface area contributed by atoms with Crippen molar-refractivity contribution in [3.05, 3.63) is 65.7 Å². The van der Waals surface area contributed by atoms with Crippen molar-refractivity contribution in [3.63, 3.8) is 0 Å². The van der Waals surface area contributed by atoms with Gasteiger partial charge in [0.1, 0.15) is 5.75 Å². The molecule has 1 aliphatic heterocycles. The van der Waals surface area contributed by atoms with Gasteiger partial charge in [0.05, 0.1) is 26.2 Å². The van der Waals surface area contributed by atoms with E-state index < -0.39 is 5.92 Å². The van der Waals surface area contributed by atoms with E-state index in [2.05, 4.69) is 0 Å².